The van der Waals surface area contributed by atoms with Gasteiger partial charge in [0.05, 0.1) is 6.04 Å². The number of aliphatic hydroxyl groups excluding tert-OH is 1. The van der Waals surface area contributed by atoms with Crippen molar-refractivity contribution >= 4 is 0 Å². The lowest BCUT2D eigenvalue weighted by molar-refractivity contribution is 0.139. The summed E-state index contributed by atoms with van der Waals surface area (Å²) < 4.78 is 13.6. The second-order valence-electron chi connectivity index (χ2n) is 5.97. The Morgan fingerprint density at radius 3 is 2.95 bits per heavy atom. The van der Waals surface area contributed by atoms with Crippen molar-refractivity contribution < 1.29 is 9.50 Å². The molecule has 1 aliphatic rings. The van der Waals surface area contributed by atoms with Crippen LogP contribution in [0.15, 0.2) is 24.3 Å². The summed E-state index contributed by atoms with van der Waals surface area (Å²) in [6.07, 6.45) is 4.96. The first-order valence-electron chi connectivity index (χ1n) is 8.05. The molecular weight excluding hydrogens is 267 g/mol. The van der Waals surface area contributed by atoms with Gasteiger partial charge in [0.2, 0.25) is 0 Å². The van der Waals surface area contributed by atoms with Gasteiger partial charge in [-0.1, -0.05) is 19.1 Å². The lowest BCUT2D eigenvalue weighted by Crippen LogP contribution is -2.43. The van der Waals surface area contributed by atoms with Crippen LogP contribution in [0.3, 0.4) is 0 Å². The van der Waals surface area contributed by atoms with Crippen LogP contribution in [0, 0.1) is 5.82 Å². The number of halogens is 1. The summed E-state index contributed by atoms with van der Waals surface area (Å²) in [4.78, 5) is 2.43. The Kier molecular flexibility index (Phi) is 6.15. The van der Waals surface area contributed by atoms with Crippen LogP contribution in [-0.2, 0) is 0 Å². The largest absolute Gasteiger partial charge is 0.396 e. The summed E-state index contributed by atoms with van der Waals surface area (Å²) >= 11 is 0. The summed E-state index contributed by atoms with van der Waals surface area (Å²) in [7, 11) is 0. The molecule has 0 spiro atoms. The molecule has 4 heteroatoms. The van der Waals surface area contributed by atoms with Gasteiger partial charge in [0.25, 0.3) is 0 Å². The molecule has 3 atom stereocenters. The summed E-state index contributed by atoms with van der Waals surface area (Å²) in [6.45, 7) is 3.32. The van der Waals surface area contributed by atoms with Crippen LogP contribution in [0.25, 0.3) is 0 Å². The molecule has 0 radical (unpaired) electrons. The predicted octanol–water partition coefficient (Wildman–Crippen LogP) is 2.84. The molecule has 0 amide bonds. The van der Waals surface area contributed by atoms with Crippen LogP contribution in [-0.4, -0.2) is 35.2 Å². The van der Waals surface area contributed by atoms with E-state index in [1.807, 2.05) is 6.07 Å². The molecule has 0 aromatic heterocycles. The zero-order chi connectivity index (χ0) is 15.2. The normalized spacial score (nSPS) is 22.4. The average Bonchev–Trinajstić information content (AvgIpc) is 2.93. The fourth-order valence-electron chi connectivity index (χ4n) is 3.46. The molecule has 3 unspecified atom stereocenters. The summed E-state index contributed by atoms with van der Waals surface area (Å²) in [5, 5.41) is 9.07. The first-order chi connectivity index (χ1) is 10.2. The van der Waals surface area contributed by atoms with Gasteiger partial charge >= 0.3 is 0 Å². The highest BCUT2D eigenvalue weighted by atomic mass is 19.1. The van der Waals surface area contributed by atoms with E-state index in [9.17, 15) is 4.39 Å². The Morgan fingerprint density at radius 2 is 2.29 bits per heavy atom. The highest BCUT2D eigenvalue weighted by molar-refractivity contribution is 5.22. The smallest absolute Gasteiger partial charge is 0.123 e. The van der Waals surface area contributed by atoms with Crippen molar-refractivity contribution in [3.8, 4) is 0 Å². The summed E-state index contributed by atoms with van der Waals surface area (Å²) in [5.74, 6) is -0.202. The number of rotatable bonds is 7. The molecule has 0 saturated carbocycles. The predicted molar refractivity (Wildman–Crippen MR) is 83.5 cm³/mol. The minimum absolute atomic E-state index is 0.00141. The van der Waals surface area contributed by atoms with Crippen molar-refractivity contribution in [1.29, 1.82) is 0 Å². The number of benzene rings is 1. The number of aliphatic hydroxyl groups is 1. The van der Waals surface area contributed by atoms with Crippen molar-refractivity contribution in [1.82, 2.24) is 4.90 Å². The minimum Gasteiger partial charge on any atom is -0.396 e. The molecule has 1 fully saturated rings. The van der Waals surface area contributed by atoms with E-state index in [0.29, 0.717) is 6.04 Å². The molecule has 1 heterocycles. The van der Waals surface area contributed by atoms with E-state index in [1.165, 1.54) is 6.07 Å². The molecule has 2 rings (SSSR count). The lowest BCUT2D eigenvalue weighted by Gasteiger charge is -2.37. The van der Waals surface area contributed by atoms with Crippen molar-refractivity contribution in [3.05, 3.63) is 35.6 Å². The molecule has 1 aromatic carbocycles. The van der Waals surface area contributed by atoms with Crippen LogP contribution in [0.4, 0.5) is 4.39 Å². The summed E-state index contributed by atoms with van der Waals surface area (Å²) in [5.41, 5.74) is 7.33. The standard InChI is InChI=1S/C17H27FN2O/c1-2-16(19)17(13-6-3-7-14(18)12-13)20-10-4-8-15(20)9-5-11-21/h3,6-7,12,15-17,21H,2,4-5,8-11,19H2,1H3. The molecule has 3 N–H and O–H groups in total. The van der Waals surface area contributed by atoms with Crippen molar-refractivity contribution in [2.75, 3.05) is 13.2 Å². The third-order valence-electron chi connectivity index (χ3n) is 4.54. The van der Waals surface area contributed by atoms with Crippen molar-refractivity contribution in [2.24, 2.45) is 5.73 Å². The van der Waals surface area contributed by atoms with E-state index in [-0.39, 0.29) is 24.5 Å². The molecule has 1 saturated heterocycles. The molecule has 118 valence electrons. The van der Waals surface area contributed by atoms with E-state index >= 15 is 0 Å². The van der Waals surface area contributed by atoms with Crippen LogP contribution in [0.5, 0.6) is 0 Å². The first-order valence-corrected chi connectivity index (χ1v) is 8.05. The number of nitrogens with zero attached hydrogens (tertiary/aromatic N) is 1. The zero-order valence-corrected chi connectivity index (χ0v) is 12.8. The molecule has 0 aliphatic carbocycles. The van der Waals surface area contributed by atoms with Crippen LogP contribution >= 0.6 is 0 Å². The Labute approximate surface area is 126 Å². The fraction of sp³-hybridized carbons (Fsp3) is 0.647. The van der Waals surface area contributed by atoms with Crippen molar-refractivity contribution in [2.45, 2.75) is 57.2 Å². The van der Waals surface area contributed by atoms with E-state index in [0.717, 1.165) is 44.2 Å². The van der Waals surface area contributed by atoms with Crippen LogP contribution < -0.4 is 5.73 Å². The number of nitrogens with two attached hydrogens (primary N) is 1. The van der Waals surface area contributed by atoms with Gasteiger partial charge in [0.1, 0.15) is 5.82 Å². The molecular formula is C17H27FN2O. The molecule has 21 heavy (non-hydrogen) atoms. The topological polar surface area (TPSA) is 49.5 Å². The average molecular weight is 294 g/mol. The zero-order valence-electron chi connectivity index (χ0n) is 12.8. The Hall–Kier alpha value is -0.970. The third-order valence-corrected chi connectivity index (χ3v) is 4.54. The van der Waals surface area contributed by atoms with E-state index < -0.39 is 0 Å². The van der Waals surface area contributed by atoms with Gasteiger partial charge in [-0.25, -0.2) is 4.39 Å². The van der Waals surface area contributed by atoms with Gasteiger partial charge in [-0.15, -0.1) is 0 Å². The van der Waals surface area contributed by atoms with Gasteiger partial charge in [0.15, 0.2) is 0 Å². The monoisotopic (exact) mass is 294 g/mol. The van der Waals surface area contributed by atoms with Gasteiger partial charge in [-0.2, -0.15) is 0 Å². The Balaban J connectivity index is 2.23. The molecule has 3 nitrogen and oxygen atoms in total. The maximum atomic E-state index is 13.6. The highest BCUT2D eigenvalue weighted by Crippen LogP contribution is 2.34. The fourth-order valence-corrected chi connectivity index (χ4v) is 3.46. The minimum atomic E-state index is -0.202. The van der Waals surface area contributed by atoms with Gasteiger partial charge < -0.3 is 10.8 Å². The number of hydrogen-bond donors (Lipinski definition) is 2. The quantitative estimate of drug-likeness (QED) is 0.813. The van der Waals surface area contributed by atoms with Gasteiger partial charge in [-0.05, 0) is 56.3 Å². The van der Waals surface area contributed by atoms with Gasteiger partial charge in [0, 0.05) is 18.7 Å². The lowest BCUT2D eigenvalue weighted by atomic mass is 9.94. The molecule has 1 aromatic rings. The Bertz CT molecular complexity index is 441. The third kappa shape index (κ3) is 4.02. The molecule has 0 bridgehead atoms. The number of hydrogen-bond acceptors (Lipinski definition) is 3. The maximum Gasteiger partial charge on any atom is 0.123 e. The SMILES string of the molecule is CCC(N)C(c1cccc(F)c1)N1CCCC1CCCO. The van der Waals surface area contributed by atoms with Gasteiger partial charge in [-0.3, -0.25) is 4.90 Å². The second kappa shape index (κ2) is 7.87. The first kappa shape index (κ1) is 16.4. The highest BCUT2D eigenvalue weighted by Gasteiger charge is 2.34. The Morgan fingerprint density at radius 1 is 1.48 bits per heavy atom. The van der Waals surface area contributed by atoms with Crippen LogP contribution in [0.2, 0.25) is 0 Å². The van der Waals surface area contributed by atoms with E-state index in [4.69, 9.17) is 10.8 Å². The maximum absolute atomic E-state index is 13.6. The van der Waals surface area contributed by atoms with E-state index in [1.54, 1.807) is 12.1 Å². The summed E-state index contributed by atoms with van der Waals surface area (Å²) in [6, 6.07) is 7.34. The number of likely N-dealkylation sites (tertiary alicyclic amines) is 1. The molecule has 1 aliphatic heterocycles. The second-order valence-corrected chi connectivity index (χ2v) is 5.97. The van der Waals surface area contributed by atoms with Crippen molar-refractivity contribution in [3.63, 3.8) is 0 Å². The van der Waals surface area contributed by atoms with Crippen LogP contribution in [0.1, 0.15) is 50.6 Å². The van der Waals surface area contributed by atoms with E-state index in [2.05, 4.69) is 11.8 Å².